The molecule has 0 bridgehead atoms. The van der Waals surface area contributed by atoms with Gasteiger partial charge in [0.1, 0.15) is 5.65 Å². The Morgan fingerprint density at radius 1 is 0.879 bits per heavy atom. The SMILES string of the molecule is CN1CCN(c2ccc(-c3[nH]c4nccc(Cl)c4c3-c3ccc4c(c3)N(C)CC4)cc2)CC1. The first-order valence-corrected chi connectivity index (χ1v) is 12.0. The first kappa shape index (κ1) is 20.6. The molecule has 2 aromatic carbocycles. The third kappa shape index (κ3) is 3.56. The number of halogens is 1. The molecule has 168 valence electrons. The Bertz CT molecular complexity index is 1320. The van der Waals surface area contributed by atoms with Gasteiger partial charge in [0.05, 0.1) is 10.7 Å². The summed E-state index contributed by atoms with van der Waals surface area (Å²) in [6.45, 7) is 5.40. The number of anilines is 2. The number of hydrogen-bond donors (Lipinski definition) is 1. The minimum atomic E-state index is 0.723. The summed E-state index contributed by atoms with van der Waals surface area (Å²) < 4.78 is 0. The van der Waals surface area contributed by atoms with Crippen LogP contribution in [0, 0.1) is 0 Å². The lowest BCUT2D eigenvalue weighted by Crippen LogP contribution is -2.44. The molecule has 1 fully saturated rings. The number of nitrogens with zero attached hydrogens (tertiary/aromatic N) is 4. The van der Waals surface area contributed by atoms with Crippen molar-refractivity contribution in [2.24, 2.45) is 0 Å². The lowest BCUT2D eigenvalue weighted by Gasteiger charge is -2.34. The fourth-order valence-corrected chi connectivity index (χ4v) is 5.42. The Hall–Kier alpha value is -3.02. The Labute approximate surface area is 199 Å². The van der Waals surface area contributed by atoms with Crippen molar-refractivity contribution < 1.29 is 0 Å². The number of H-pyrrole nitrogens is 1. The lowest BCUT2D eigenvalue weighted by molar-refractivity contribution is 0.313. The van der Waals surface area contributed by atoms with E-state index in [1.54, 1.807) is 6.20 Å². The average Bonchev–Trinajstić information content (AvgIpc) is 3.41. The zero-order valence-electron chi connectivity index (χ0n) is 19.1. The first-order chi connectivity index (χ1) is 16.1. The lowest BCUT2D eigenvalue weighted by atomic mass is 9.97. The van der Waals surface area contributed by atoms with E-state index in [0.29, 0.717) is 0 Å². The van der Waals surface area contributed by atoms with Crippen LogP contribution in [-0.2, 0) is 6.42 Å². The summed E-state index contributed by atoms with van der Waals surface area (Å²) in [7, 11) is 4.35. The van der Waals surface area contributed by atoms with Crippen LogP contribution >= 0.6 is 11.6 Å². The molecule has 33 heavy (non-hydrogen) atoms. The van der Waals surface area contributed by atoms with Crippen LogP contribution in [0.5, 0.6) is 0 Å². The van der Waals surface area contributed by atoms with Crippen molar-refractivity contribution in [3.05, 3.63) is 65.3 Å². The van der Waals surface area contributed by atoms with Crippen LogP contribution in [0.15, 0.2) is 54.7 Å². The van der Waals surface area contributed by atoms with E-state index < -0.39 is 0 Å². The van der Waals surface area contributed by atoms with Crippen LogP contribution in [0.25, 0.3) is 33.4 Å². The largest absolute Gasteiger partial charge is 0.374 e. The van der Waals surface area contributed by atoms with Gasteiger partial charge in [-0.3, -0.25) is 0 Å². The number of rotatable bonds is 3. The van der Waals surface area contributed by atoms with Gasteiger partial charge in [-0.15, -0.1) is 0 Å². The maximum Gasteiger partial charge on any atom is 0.139 e. The molecule has 0 saturated carbocycles. The van der Waals surface area contributed by atoms with E-state index in [2.05, 4.69) is 81.2 Å². The number of piperazine rings is 1. The van der Waals surface area contributed by atoms with Crippen LogP contribution < -0.4 is 9.80 Å². The van der Waals surface area contributed by atoms with E-state index in [4.69, 9.17) is 11.6 Å². The summed E-state index contributed by atoms with van der Waals surface area (Å²) in [6, 6.07) is 17.6. The van der Waals surface area contributed by atoms with Gasteiger partial charge in [0.2, 0.25) is 0 Å². The maximum atomic E-state index is 6.72. The summed E-state index contributed by atoms with van der Waals surface area (Å²) in [4.78, 5) is 15.3. The molecule has 2 aliphatic heterocycles. The highest BCUT2D eigenvalue weighted by Crippen LogP contribution is 2.43. The number of aromatic nitrogens is 2. The van der Waals surface area contributed by atoms with E-state index in [1.165, 1.54) is 22.5 Å². The van der Waals surface area contributed by atoms with Crippen molar-refractivity contribution >= 4 is 34.0 Å². The smallest absolute Gasteiger partial charge is 0.139 e. The summed E-state index contributed by atoms with van der Waals surface area (Å²) in [6.07, 6.45) is 2.87. The number of hydrogen-bond acceptors (Lipinski definition) is 4. The molecule has 0 atom stereocenters. The van der Waals surface area contributed by atoms with Gasteiger partial charge in [0.15, 0.2) is 0 Å². The van der Waals surface area contributed by atoms with Crippen LogP contribution in [0.3, 0.4) is 0 Å². The molecule has 1 saturated heterocycles. The minimum absolute atomic E-state index is 0.723. The number of pyridine rings is 1. The van der Waals surface area contributed by atoms with Gasteiger partial charge in [-0.1, -0.05) is 35.9 Å². The molecule has 0 aliphatic carbocycles. The van der Waals surface area contributed by atoms with Crippen LogP contribution in [0.1, 0.15) is 5.56 Å². The van der Waals surface area contributed by atoms with Gasteiger partial charge in [-0.25, -0.2) is 4.98 Å². The normalized spacial score (nSPS) is 16.6. The quantitative estimate of drug-likeness (QED) is 0.453. The summed E-state index contributed by atoms with van der Waals surface area (Å²) >= 11 is 6.72. The van der Waals surface area contributed by atoms with Gasteiger partial charge in [-0.05, 0) is 54.4 Å². The second kappa shape index (κ2) is 8.08. The molecule has 2 aliphatic rings. The van der Waals surface area contributed by atoms with Crippen molar-refractivity contribution in [2.45, 2.75) is 6.42 Å². The first-order valence-electron chi connectivity index (χ1n) is 11.6. The Kier molecular flexibility index (Phi) is 5.04. The highest BCUT2D eigenvalue weighted by atomic mass is 35.5. The molecule has 0 spiro atoms. The average molecular weight is 458 g/mol. The molecule has 0 radical (unpaired) electrons. The fourth-order valence-electron chi connectivity index (χ4n) is 5.18. The van der Waals surface area contributed by atoms with Gasteiger partial charge >= 0.3 is 0 Å². The van der Waals surface area contributed by atoms with Gasteiger partial charge in [0.25, 0.3) is 0 Å². The predicted octanol–water partition coefficient (Wildman–Crippen LogP) is 5.29. The topological polar surface area (TPSA) is 38.4 Å². The van der Waals surface area contributed by atoms with E-state index in [0.717, 1.165) is 72.0 Å². The Morgan fingerprint density at radius 2 is 1.64 bits per heavy atom. The minimum Gasteiger partial charge on any atom is -0.374 e. The van der Waals surface area contributed by atoms with E-state index in [9.17, 15) is 0 Å². The van der Waals surface area contributed by atoms with Gasteiger partial charge < -0.3 is 19.7 Å². The molecule has 6 heteroatoms. The number of nitrogens with one attached hydrogen (secondary N) is 1. The number of aromatic amines is 1. The molecule has 4 heterocycles. The highest BCUT2D eigenvalue weighted by Gasteiger charge is 2.22. The summed E-state index contributed by atoms with van der Waals surface area (Å²) in [5, 5.41) is 1.71. The maximum absolute atomic E-state index is 6.72. The van der Waals surface area contributed by atoms with Crippen LogP contribution in [0.4, 0.5) is 11.4 Å². The highest BCUT2D eigenvalue weighted by molar-refractivity contribution is 6.36. The zero-order valence-corrected chi connectivity index (χ0v) is 19.9. The molecular formula is C27H28ClN5. The molecule has 2 aromatic heterocycles. The van der Waals surface area contributed by atoms with Crippen molar-refractivity contribution in [1.82, 2.24) is 14.9 Å². The van der Waals surface area contributed by atoms with Crippen LogP contribution in [-0.4, -0.2) is 61.7 Å². The Balaban J connectivity index is 1.46. The molecule has 1 N–H and O–H groups in total. The van der Waals surface area contributed by atoms with Crippen molar-refractivity contribution in [2.75, 3.05) is 56.6 Å². The third-order valence-corrected chi connectivity index (χ3v) is 7.48. The monoisotopic (exact) mass is 457 g/mol. The number of benzene rings is 2. The molecule has 0 unspecified atom stereocenters. The van der Waals surface area contributed by atoms with Crippen molar-refractivity contribution in [3.8, 4) is 22.4 Å². The van der Waals surface area contributed by atoms with E-state index in [1.807, 2.05) is 6.07 Å². The van der Waals surface area contributed by atoms with E-state index in [-0.39, 0.29) is 0 Å². The predicted molar refractivity (Wildman–Crippen MR) is 139 cm³/mol. The Morgan fingerprint density at radius 3 is 2.42 bits per heavy atom. The van der Waals surface area contributed by atoms with E-state index >= 15 is 0 Å². The second-order valence-electron chi connectivity index (χ2n) is 9.24. The molecule has 4 aromatic rings. The van der Waals surface area contributed by atoms with Crippen LogP contribution in [0.2, 0.25) is 5.02 Å². The van der Waals surface area contributed by atoms with Gasteiger partial charge in [-0.2, -0.15) is 0 Å². The number of likely N-dealkylation sites (N-methyl/N-ethyl adjacent to an activating group) is 2. The zero-order chi connectivity index (χ0) is 22.5. The molecule has 6 rings (SSSR count). The second-order valence-corrected chi connectivity index (χ2v) is 9.65. The number of fused-ring (bicyclic) bond motifs is 2. The van der Waals surface area contributed by atoms with Gasteiger partial charge in [0, 0.05) is 68.3 Å². The summed E-state index contributed by atoms with van der Waals surface area (Å²) in [5.74, 6) is 0. The fraction of sp³-hybridized carbons (Fsp3) is 0.296. The molecular weight excluding hydrogens is 430 g/mol. The molecule has 0 amide bonds. The third-order valence-electron chi connectivity index (χ3n) is 7.17. The van der Waals surface area contributed by atoms with Crippen molar-refractivity contribution in [1.29, 1.82) is 0 Å². The molecule has 5 nitrogen and oxygen atoms in total. The summed E-state index contributed by atoms with van der Waals surface area (Å²) in [5.41, 5.74) is 9.31. The van der Waals surface area contributed by atoms with Crippen molar-refractivity contribution in [3.63, 3.8) is 0 Å². The standard InChI is InChI=1S/C27H28ClN5/c1-31-13-15-33(16-14-31)21-7-5-19(6-8-21)26-24(25-22(28)9-11-29-27(25)30-26)20-4-3-18-10-12-32(2)23(18)17-20/h3-9,11,17H,10,12-16H2,1-2H3,(H,29,30).